The maximum absolute atomic E-state index is 11.8. The van der Waals surface area contributed by atoms with Crippen molar-refractivity contribution in [1.82, 2.24) is 9.97 Å². The van der Waals surface area contributed by atoms with Crippen LogP contribution in [0.3, 0.4) is 0 Å². The van der Waals surface area contributed by atoms with Gasteiger partial charge >= 0.3 is 5.97 Å². The summed E-state index contributed by atoms with van der Waals surface area (Å²) in [5.74, 6) is 0.586. The Bertz CT molecular complexity index is 1410. The van der Waals surface area contributed by atoms with Crippen LogP contribution in [-0.4, -0.2) is 21.0 Å². The minimum atomic E-state index is -0.646. The SMILES string of the molecule is CC[C@]1(C(=O)O)[C@@H]2Cc3cc(OCc4ccc(C)c(-c5cnc6[nH]ccc6c5)c4)ccc3[C@H]21. The van der Waals surface area contributed by atoms with Gasteiger partial charge in [-0.2, -0.15) is 0 Å². The molecule has 1 fully saturated rings. The number of hydrogen-bond donors (Lipinski definition) is 2. The molecular weight excluding hydrogens is 412 g/mol. The van der Waals surface area contributed by atoms with Crippen molar-refractivity contribution in [3.05, 3.63) is 83.2 Å². The van der Waals surface area contributed by atoms with Crippen molar-refractivity contribution in [2.45, 2.75) is 39.2 Å². The fraction of sp³-hybridized carbons (Fsp3) is 0.286. The van der Waals surface area contributed by atoms with Gasteiger partial charge in [-0.05, 0) is 83.8 Å². The van der Waals surface area contributed by atoms with Gasteiger partial charge in [0.15, 0.2) is 0 Å². The predicted molar refractivity (Wildman–Crippen MR) is 127 cm³/mol. The number of carbonyl (C=O) groups is 1. The van der Waals surface area contributed by atoms with Gasteiger partial charge in [-0.25, -0.2) is 4.98 Å². The molecule has 0 unspecified atom stereocenters. The van der Waals surface area contributed by atoms with Crippen LogP contribution in [0.2, 0.25) is 0 Å². The molecule has 0 spiro atoms. The fourth-order valence-electron chi connectivity index (χ4n) is 5.95. The molecule has 3 atom stereocenters. The van der Waals surface area contributed by atoms with Gasteiger partial charge in [0.25, 0.3) is 0 Å². The normalized spacial score (nSPS) is 22.7. The zero-order valence-corrected chi connectivity index (χ0v) is 18.8. The molecule has 2 aromatic heterocycles. The summed E-state index contributed by atoms with van der Waals surface area (Å²) in [4.78, 5) is 19.5. The quantitative estimate of drug-likeness (QED) is 0.395. The molecule has 0 amide bonds. The molecule has 5 heteroatoms. The van der Waals surface area contributed by atoms with Gasteiger partial charge in [-0.15, -0.1) is 0 Å². The van der Waals surface area contributed by atoms with Crippen molar-refractivity contribution < 1.29 is 14.6 Å². The van der Waals surface area contributed by atoms with Gasteiger partial charge in [-0.3, -0.25) is 4.79 Å². The molecule has 4 aromatic rings. The Morgan fingerprint density at radius 1 is 1.21 bits per heavy atom. The maximum Gasteiger partial charge on any atom is 0.310 e. The lowest BCUT2D eigenvalue weighted by Crippen LogP contribution is -2.20. The third-order valence-corrected chi connectivity index (χ3v) is 7.80. The van der Waals surface area contributed by atoms with Crippen molar-refractivity contribution >= 4 is 17.0 Å². The Labute approximate surface area is 192 Å². The van der Waals surface area contributed by atoms with E-state index in [0.717, 1.165) is 39.9 Å². The molecule has 2 N–H and O–H groups in total. The topological polar surface area (TPSA) is 75.2 Å². The Balaban J connectivity index is 1.20. The van der Waals surface area contributed by atoms with Gasteiger partial charge in [0, 0.05) is 29.3 Å². The summed E-state index contributed by atoms with van der Waals surface area (Å²) >= 11 is 0. The van der Waals surface area contributed by atoms with E-state index in [4.69, 9.17) is 4.74 Å². The number of aliphatic carboxylic acids is 1. The molecule has 166 valence electrons. The van der Waals surface area contributed by atoms with Crippen LogP contribution in [0.25, 0.3) is 22.2 Å². The molecule has 0 saturated heterocycles. The Kier molecular flexibility index (Phi) is 4.37. The number of aromatic nitrogens is 2. The Morgan fingerprint density at radius 3 is 2.91 bits per heavy atom. The first-order chi connectivity index (χ1) is 16.0. The summed E-state index contributed by atoms with van der Waals surface area (Å²) in [6.07, 6.45) is 5.34. The van der Waals surface area contributed by atoms with E-state index in [2.05, 4.69) is 53.3 Å². The molecule has 1 saturated carbocycles. The Hall–Kier alpha value is -3.60. The number of rotatable bonds is 6. The molecule has 6 rings (SSSR count). The number of aryl methyl sites for hydroxylation is 1. The van der Waals surface area contributed by atoms with E-state index < -0.39 is 11.4 Å². The highest BCUT2D eigenvalue weighted by molar-refractivity contribution is 5.83. The highest BCUT2D eigenvalue weighted by Gasteiger charge is 2.71. The minimum Gasteiger partial charge on any atom is -0.489 e. The maximum atomic E-state index is 11.8. The number of carboxylic acids is 1. The van der Waals surface area contributed by atoms with Crippen molar-refractivity contribution in [3.8, 4) is 16.9 Å². The van der Waals surface area contributed by atoms with Crippen LogP contribution in [0.4, 0.5) is 0 Å². The molecule has 0 bridgehead atoms. The zero-order valence-electron chi connectivity index (χ0n) is 18.8. The largest absolute Gasteiger partial charge is 0.489 e. The third kappa shape index (κ3) is 2.99. The molecule has 5 nitrogen and oxygen atoms in total. The summed E-state index contributed by atoms with van der Waals surface area (Å²) in [7, 11) is 0. The third-order valence-electron chi connectivity index (χ3n) is 7.80. The highest BCUT2D eigenvalue weighted by atomic mass is 16.5. The summed E-state index contributed by atoms with van der Waals surface area (Å²) in [6, 6.07) is 16.8. The molecule has 33 heavy (non-hydrogen) atoms. The predicted octanol–water partition coefficient (Wildman–Crippen LogP) is 5.87. The smallest absolute Gasteiger partial charge is 0.310 e. The van der Waals surface area contributed by atoms with Crippen LogP contribution < -0.4 is 4.74 Å². The summed E-state index contributed by atoms with van der Waals surface area (Å²) < 4.78 is 6.14. The van der Waals surface area contributed by atoms with Gasteiger partial charge in [0.05, 0.1) is 5.41 Å². The van der Waals surface area contributed by atoms with Gasteiger partial charge in [-0.1, -0.05) is 25.1 Å². The summed E-state index contributed by atoms with van der Waals surface area (Å²) in [6.45, 7) is 4.58. The summed E-state index contributed by atoms with van der Waals surface area (Å²) in [5, 5.41) is 10.8. The second kappa shape index (κ2) is 7.20. The average molecular weight is 439 g/mol. The van der Waals surface area contributed by atoms with Crippen LogP contribution in [0.5, 0.6) is 5.75 Å². The van der Waals surface area contributed by atoms with E-state index in [9.17, 15) is 9.90 Å². The zero-order chi connectivity index (χ0) is 22.7. The number of carboxylic acid groups (broad SMARTS) is 1. The van der Waals surface area contributed by atoms with Crippen molar-refractivity contribution in [2.75, 3.05) is 0 Å². The molecule has 2 aliphatic carbocycles. The lowest BCUT2D eigenvalue weighted by molar-refractivity contribution is -0.144. The van der Waals surface area contributed by atoms with E-state index in [1.807, 2.05) is 31.5 Å². The molecular formula is C28H26N2O3. The standard InChI is InChI=1S/C28H26N2O3/c1-3-28(27(31)32)24-13-19-12-21(6-7-22(19)25(24)28)33-15-17-5-4-16(2)23(10-17)20-11-18-8-9-29-26(18)30-14-20/h4-12,14,24-25H,3,13,15H2,1-2H3,(H,29,30)(H,31,32)/t24-,25-,28+/m1/s1. The molecule has 2 aromatic carbocycles. The van der Waals surface area contributed by atoms with Gasteiger partial charge < -0.3 is 14.8 Å². The van der Waals surface area contributed by atoms with E-state index in [1.54, 1.807) is 0 Å². The molecule has 2 heterocycles. The number of benzene rings is 2. The number of hydrogen-bond acceptors (Lipinski definition) is 3. The van der Waals surface area contributed by atoms with Crippen molar-refractivity contribution in [1.29, 1.82) is 0 Å². The second-order valence-electron chi connectivity index (χ2n) is 9.43. The lowest BCUT2D eigenvalue weighted by Gasteiger charge is -2.16. The number of aromatic amines is 1. The van der Waals surface area contributed by atoms with Crippen LogP contribution in [0.1, 0.15) is 41.5 Å². The number of pyridine rings is 1. The van der Waals surface area contributed by atoms with Crippen LogP contribution in [-0.2, 0) is 17.8 Å². The second-order valence-corrected chi connectivity index (χ2v) is 9.43. The van der Waals surface area contributed by atoms with Crippen LogP contribution in [0, 0.1) is 18.3 Å². The first kappa shape index (κ1) is 20.0. The van der Waals surface area contributed by atoms with E-state index in [1.165, 1.54) is 16.7 Å². The number of nitrogens with one attached hydrogen (secondary N) is 1. The first-order valence-electron chi connectivity index (χ1n) is 11.5. The van der Waals surface area contributed by atoms with Crippen molar-refractivity contribution in [2.24, 2.45) is 11.3 Å². The minimum absolute atomic E-state index is 0.162. The number of ether oxygens (including phenoxy) is 1. The Morgan fingerprint density at radius 2 is 2.09 bits per heavy atom. The number of nitrogens with zero attached hydrogens (tertiary/aromatic N) is 1. The van der Waals surface area contributed by atoms with Crippen LogP contribution >= 0.6 is 0 Å². The lowest BCUT2D eigenvalue weighted by atomic mass is 9.89. The molecule has 2 aliphatic rings. The van der Waals surface area contributed by atoms with E-state index in [-0.39, 0.29) is 11.8 Å². The van der Waals surface area contributed by atoms with Crippen LogP contribution in [0.15, 0.2) is 60.9 Å². The highest BCUT2D eigenvalue weighted by Crippen LogP contribution is 2.72. The number of fused-ring (bicyclic) bond motifs is 4. The molecule has 0 radical (unpaired) electrons. The molecule has 0 aliphatic heterocycles. The fourth-order valence-corrected chi connectivity index (χ4v) is 5.95. The van der Waals surface area contributed by atoms with E-state index in [0.29, 0.717) is 13.0 Å². The van der Waals surface area contributed by atoms with Gasteiger partial charge in [0.2, 0.25) is 0 Å². The number of H-pyrrole nitrogens is 1. The first-order valence-corrected chi connectivity index (χ1v) is 11.5. The van der Waals surface area contributed by atoms with Gasteiger partial charge in [0.1, 0.15) is 18.0 Å². The summed E-state index contributed by atoms with van der Waals surface area (Å²) in [5.41, 5.74) is 7.33. The van der Waals surface area contributed by atoms with Crippen molar-refractivity contribution in [3.63, 3.8) is 0 Å². The van der Waals surface area contributed by atoms with E-state index >= 15 is 0 Å². The average Bonchev–Trinajstić information content (AvgIpc) is 3.11. The monoisotopic (exact) mass is 438 g/mol.